The Hall–Kier alpha value is -1.34. The molecule has 0 unspecified atom stereocenters. The summed E-state index contributed by atoms with van der Waals surface area (Å²) < 4.78 is 40.7. The number of rotatable bonds is 1. The molecule has 1 aromatic heterocycles. The monoisotopic (exact) mass is 433 g/mol. The molecule has 0 N–H and O–H groups in total. The maximum absolute atomic E-state index is 13.5. The van der Waals surface area contributed by atoms with Gasteiger partial charge in [0, 0.05) is 16.0 Å². The number of fused-ring (bicyclic) bond motifs is 1. The van der Waals surface area contributed by atoms with Crippen LogP contribution in [-0.2, 0) is 6.18 Å². The first-order valence-electron chi connectivity index (χ1n) is 6.29. The lowest BCUT2D eigenvalue weighted by Gasteiger charge is -2.16. The van der Waals surface area contributed by atoms with E-state index in [1.807, 2.05) is 6.07 Å². The largest absolute Gasteiger partial charge is 0.418 e. The minimum absolute atomic E-state index is 0.0177. The van der Waals surface area contributed by atoms with Crippen molar-refractivity contribution < 1.29 is 13.2 Å². The predicted molar refractivity (Wildman–Crippen MR) is 89.9 cm³/mol. The lowest BCUT2D eigenvalue weighted by Crippen LogP contribution is -2.11. The standard InChI is InChI=1S/C16H8ClF3IN/c17-10-6-7-12-11(8-10)13(16(18,19)20)14(21)15(22-12)9-4-2-1-3-5-9/h1-8H. The van der Waals surface area contributed by atoms with Crippen molar-refractivity contribution >= 4 is 45.1 Å². The average Bonchev–Trinajstić information content (AvgIpc) is 2.46. The number of pyridine rings is 1. The summed E-state index contributed by atoms with van der Waals surface area (Å²) in [5, 5.41) is 0.271. The minimum atomic E-state index is -4.48. The summed E-state index contributed by atoms with van der Waals surface area (Å²) in [5.74, 6) is 0. The zero-order chi connectivity index (χ0) is 15.9. The SMILES string of the molecule is FC(F)(F)c1c(I)c(-c2ccccc2)nc2ccc(Cl)cc12. The molecule has 0 spiro atoms. The summed E-state index contributed by atoms with van der Waals surface area (Å²) in [6, 6.07) is 13.2. The van der Waals surface area contributed by atoms with Gasteiger partial charge >= 0.3 is 6.18 Å². The minimum Gasteiger partial charge on any atom is -0.247 e. The molecule has 2 aromatic carbocycles. The molecule has 3 rings (SSSR count). The van der Waals surface area contributed by atoms with Gasteiger partial charge in [0.05, 0.1) is 20.3 Å². The van der Waals surface area contributed by atoms with Crippen molar-refractivity contribution in [2.24, 2.45) is 0 Å². The fourth-order valence-corrected chi connectivity index (χ4v) is 3.48. The number of hydrogen-bond donors (Lipinski definition) is 0. The molecule has 0 bridgehead atoms. The van der Waals surface area contributed by atoms with E-state index in [0.717, 1.165) is 0 Å². The number of hydrogen-bond acceptors (Lipinski definition) is 1. The highest BCUT2D eigenvalue weighted by Crippen LogP contribution is 2.41. The molecule has 0 radical (unpaired) electrons. The summed E-state index contributed by atoms with van der Waals surface area (Å²) in [4.78, 5) is 4.39. The van der Waals surface area contributed by atoms with E-state index in [2.05, 4.69) is 4.98 Å². The van der Waals surface area contributed by atoms with Crippen LogP contribution in [-0.4, -0.2) is 4.98 Å². The smallest absolute Gasteiger partial charge is 0.247 e. The Labute approximate surface area is 143 Å². The Bertz CT molecular complexity index is 847. The van der Waals surface area contributed by atoms with E-state index in [1.165, 1.54) is 12.1 Å². The van der Waals surface area contributed by atoms with Gasteiger partial charge in [-0.1, -0.05) is 41.9 Å². The molecule has 0 aliphatic carbocycles. The van der Waals surface area contributed by atoms with Crippen LogP contribution in [0.2, 0.25) is 5.02 Å². The van der Waals surface area contributed by atoms with Crippen molar-refractivity contribution in [3.8, 4) is 11.3 Å². The average molecular weight is 434 g/mol. The molecular formula is C16H8ClF3IN. The maximum Gasteiger partial charge on any atom is 0.418 e. The molecule has 112 valence electrons. The highest BCUT2D eigenvalue weighted by molar-refractivity contribution is 14.1. The Morgan fingerprint density at radius 1 is 1.00 bits per heavy atom. The summed E-state index contributed by atoms with van der Waals surface area (Å²) >= 11 is 7.56. The van der Waals surface area contributed by atoms with Crippen molar-refractivity contribution in [1.29, 1.82) is 0 Å². The zero-order valence-corrected chi connectivity index (χ0v) is 13.9. The van der Waals surface area contributed by atoms with E-state index in [1.54, 1.807) is 52.9 Å². The second-order valence-corrected chi connectivity index (χ2v) is 6.19. The molecular weight excluding hydrogens is 426 g/mol. The molecule has 3 aromatic rings. The van der Waals surface area contributed by atoms with Gasteiger partial charge in [-0.15, -0.1) is 0 Å². The normalized spacial score (nSPS) is 11.9. The Morgan fingerprint density at radius 2 is 1.68 bits per heavy atom. The number of aromatic nitrogens is 1. The third-order valence-corrected chi connectivity index (χ3v) is 4.50. The van der Waals surface area contributed by atoms with Crippen LogP contribution >= 0.6 is 34.2 Å². The van der Waals surface area contributed by atoms with Crippen molar-refractivity contribution in [2.45, 2.75) is 6.18 Å². The lowest BCUT2D eigenvalue weighted by molar-refractivity contribution is -0.136. The Morgan fingerprint density at radius 3 is 2.32 bits per heavy atom. The molecule has 0 saturated heterocycles. The van der Waals surface area contributed by atoms with Gasteiger partial charge in [-0.3, -0.25) is 0 Å². The van der Waals surface area contributed by atoms with Crippen LogP contribution in [0.1, 0.15) is 5.56 Å². The number of benzene rings is 2. The molecule has 0 atom stereocenters. The molecule has 0 fully saturated rings. The van der Waals surface area contributed by atoms with Crippen molar-refractivity contribution in [3.05, 3.63) is 62.7 Å². The Balaban J connectivity index is 2.42. The topological polar surface area (TPSA) is 12.9 Å². The van der Waals surface area contributed by atoms with Gasteiger partial charge in [0.1, 0.15) is 0 Å². The van der Waals surface area contributed by atoms with E-state index in [4.69, 9.17) is 11.6 Å². The summed E-state index contributed by atoms with van der Waals surface area (Å²) in [5.41, 5.74) is 0.549. The van der Waals surface area contributed by atoms with Crippen LogP contribution in [0.25, 0.3) is 22.2 Å². The number of alkyl halides is 3. The van der Waals surface area contributed by atoms with E-state index in [9.17, 15) is 13.2 Å². The quantitative estimate of drug-likeness (QED) is 0.418. The van der Waals surface area contributed by atoms with E-state index < -0.39 is 11.7 Å². The maximum atomic E-state index is 13.5. The second-order valence-electron chi connectivity index (χ2n) is 4.67. The summed E-state index contributed by atoms with van der Waals surface area (Å²) in [6.07, 6.45) is -4.48. The van der Waals surface area contributed by atoms with Crippen molar-refractivity contribution in [1.82, 2.24) is 4.98 Å². The van der Waals surface area contributed by atoms with Gasteiger partial charge in [-0.2, -0.15) is 13.2 Å². The van der Waals surface area contributed by atoms with E-state index >= 15 is 0 Å². The van der Waals surface area contributed by atoms with Gasteiger partial charge < -0.3 is 0 Å². The molecule has 1 heterocycles. The van der Waals surface area contributed by atoms with Crippen LogP contribution in [0.5, 0.6) is 0 Å². The third-order valence-electron chi connectivity index (χ3n) is 3.22. The van der Waals surface area contributed by atoms with E-state index in [-0.39, 0.29) is 19.5 Å². The van der Waals surface area contributed by atoms with Crippen LogP contribution in [0.3, 0.4) is 0 Å². The first-order valence-corrected chi connectivity index (χ1v) is 7.75. The molecule has 0 aliphatic heterocycles. The van der Waals surface area contributed by atoms with Gasteiger partial charge in [0.15, 0.2) is 0 Å². The van der Waals surface area contributed by atoms with Gasteiger partial charge in [-0.05, 0) is 40.8 Å². The van der Waals surface area contributed by atoms with E-state index in [0.29, 0.717) is 11.3 Å². The Kier molecular flexibility index (Phi) is 4.03. The molecule has 1 nitrogen and oxygen atoms in total. The molecule has 0 aliphatic rings. The van der Waals surface area contributed by atoms with Gasteiger partial charge in [-0.25, -0.2) is 4.98 Å². The fraction of sp³-hybridized carbons (Fsp3) is 0.0625. The first kappa shape index (κ1) is 15.6. The highest BCUT2D eigenvalue weighted by Gasteiger charge is 2.37. The predicted octanol–water partition coefficient (Wildman–Crippen LogP) is 6.18. The summed E-state index contributed by atoms with van der Waals surface area (Å²) in [6.45, 7) is 0. The molecule has 0 saturated carbocycles. The van der Waals surface area contributed by atoms with Crippen LogP contribution in [0.4, 0.5) is 13.2 Å². The lowest BCUT2D eigenvalue weighted by atomic mass is 10.0. The fourth-order valence-electron chi connectivity index (χ4n) is 2.28. The van der Waals surface area contributed by atoms with Crippen LogP contribution in [0, 0.1) is 3.57 Å². The number of nitrogens with zero attached hydrogens (tertiary/aromatic N) is 1. The zero-order valence-electron chi connectivity index (χ0n) is 11.0. The van der Waals surface area contributed by atoms with Gasteiger partial charge in [0.25, 0.3) is 0 Å². The van der Waals surface area contributed by atoms with Crippen molar-refractivity contribution in [2.75, 3.05) is 0 Å². The van der Waals surface area contributed by atoms with Gasteiger partial charge in [0.2, 0.25) is 0 Å². The summed E-state index contributed by atoms with van der Waals surface area (Å²) in [7, 11) is 0. The molecule has 6 heteroatoms. The van der Waals surface area contributed by atoms with Crippen LogP contribution < -0.4 is 0 Å². The van der Waals surface area contributed by atoms with Crippen LogP contribution in [0.15, 0.2) is 48.5 Å². The first-order chi connectivity index (χ1) is 10.4. The third kappa shape index (κ3) is 2.79. The highest BCUT2D eigenvalue weighted by atomic mass is 127. The number of halogens is 5. The molecule has 22 heavy (non-hydrogen) atoms. The van der Waals surface area contributed by atoms with Crippen molar-refractivity contribution in [3.63, 3.8) is 0 Å². The molecule has 0 amide bonds. The second kappa shape index (κ2) is 5.70.